The summed E-state index contributed by atoms with van der Waals surface area (Å²) in [5, 5.41) is 2.61. The van der Waals surface area contributed by atoms with E-state index in [1.165, 1.54) is 17.0 Å². The first kappa shape index (κ1) is 20.2. The molecule has 2 aliphatic heterocycles. The van der Waals surface area contributed by atoms with E-state index in [4.69, 9.17) is 16.3 Å². The minimum absolute atomic E-state index is 0.0399. The number of halogens is 2. The van der Waals surface area contributed by atoms with Crippen LogP contribution in [-0.4, -0.2) is 48.4 Å². The first-order valence-electron chi connectivity index (χ1n) is 9.47. The van der Waals surface area contributed by atoms with Crippen molar-refractivity contribution in [2.24, 2.45) is 0 Å². The van der Waals surface area contributed by atoms with Crippen LogP contribution in [0.2, 0.25) is 5.02 Å². The summed E-state index contributed by atoms with van der Waals surface area (Å²) in [5.41, 5.74) is 1.89. The Morgan fingerprint density at radius 3 is 2.73 bits per heavy atom. The van der Waals surface area contributed by atoms with Crippen LogP contribution >= 0.6 is 11.6 Å². The van der Waals surface area contributed by atoms with Gasteiger partial charge in [-0.2, -0.15) is 0 Å². The van der Waals surface area contributed by atoms with E-state index in [0.29, 0.717) is 31.1 Å². The van der Waals surface area contributed by atoms with Crippen LogP contribution in [0.4, 0.5) is 15.8 Å². The van der Waals surface area contributed by atoms with Gasteiger partial charge in [-0.3, -0.25) is 14.4 Å². The third-order valence-electron chi connectivity index (χ3n) is 5.23. The van der Waals surface area contributed by atoms with Crippen molar-refractivity contribution in [2.45, 2.75) is 19.4 Å². The molecule has 2 aliphatic rings. The third kappa shape index (κ3) is 3.95. The Bertz CT molecular complexity index is 1040. The fourth-order valence-corrected chi connectivity index (χ4v) is 3.85. The lowest BCUT2D eigenvalue weighted by Gasteiger charge is -2.40. The van der Waals surface area contributed by atoms with Gasteiger partial charge in [-0.15, -0.1) is 0 Å². The second kappa shape index (κ2) is 7.95. The van der Waals surface area contributed by atoms with Crippen molar-refractivity contribution < 1.29 is 23.5 Å². The van der Waals surface area contributed by atoms with Crippen molar-refractivity contribution in [3.63, 3.8) is 0 Å². The number of nitrogens with zero attached hydrogens (tertiary/aromatic N) is 2. The summed E-state index contributed by atoms with van der Waals surface area (Å²) in [5.74, 6) is -1.84. The summed E-state index contributed by atoms with van der Waals surface area (Å²) in [6.07, 6.45) is 0.198. The zero-order chi connectivity index (χ0) is 21.4. The quantitative estimate of drug-likeness (QED) is 0.449. The van der Waals surface area contributed by atoms with Gasteiger partial charge in [0.25, 0.3) is 0 Å². The summed E-state index contributed by atoms with van der Waals surface area (Å²) in [4.78, 5) is 40.0. The van der Waals surface area contributed by atoms with Crippen LogP contribution in [0.3, 0.4) is 0 Å². The molecule has 0 bridgehead atoms. The van der Waals surface area contributed by atoms with E-state index in [-0.39, 0.29) is 23.5 Å². The molecule has 0 aromatic heterocycles. The minimum atomic E-state index is -0.760. The monoisotopic (exact) mass is 431 g/mol. The predicted molar refractivity (Wildman–Crippen MR) is 109 cm³/mol. The van der Waals surface area contributed by atoms with Crippen LogP contribution in [0, 0.1) is 5.82 Å². The van der Waals surface area contributed by atoms with Gasteiger partial charge in [-0.25, -0.2) is 4.39 Å². The van der Waals surface area contributed by atoms with E-state index in [0.717, 1.165) is 11.3 Å². The van der Waals surface area contributed by atoms with Gasteiger partial charge in [-0.05, 0) is 31.2 Å². The maximum absolute atomic E-state index is 13.4. The molecule has 2 heterocycles. The largest absolute Gasteiger partial charge is 0.426 e. The van der Waals surface area contributed by atoms with E-state index < -0.39 is 17.6 Å². The van der Waals surface area contributed by atoms with Crippen molar-refractivity contribution in [3.8, 4) is 5.75 Å². The number of carbonyl (C=O) groups is 3. The molecule has 156 valence electrons. The molecule has 0 radical (unpaired) electrons. The lowest BCUT2D eigenvalue weighted by atomic mass is 10.1. The van der Waals surface area contributed by atoms with Crippen molar-refractivity contribution in [2.75, 3.05) is 29.9 Å². The molecule has 0 aliphatic carbocycles. The highest BCUT2D eigenvalue weighted by atomic mass is 35.5. The van der Waals surface area contributed by atoms with Crippen LogP contribution in [0.15, 0.2) is 36.4 Å². The number of carbonyl (C=O) groups excluding carboxylic acids is 3. The van der Waals surface area contributed by atoms with Crippen molar-refractivity contribution in [3.05, 3.63) is 52.8 Å². The van der Waals surface area contributed by atoms with Gasteiger partial charge in [0, 0.05) is 48.7 Å². The number of hydrogen-bond acceptors (Lipinski definition) is 5. The second-order valence-electron chi connectivity index (χ2n) is 7.32. The number of ether oxygens (including phenoxy) is 1. The van der Waals surface area contributed by atoms with Gasteiger partial charge in [0.1, 0.15) is 11.6 Å². The molecule has 1 saturated heterocycles. The van der Waals surface area contributed by atoms with Crippen LogP contribution in [-0.2, 0) is 20.8 Å². The Labute approximate surface area is 177 Å². The highest BCUT2D eigenvalue weighted by molar-refractivity contribution is 6.39. The predicted octanol–water partition coefficient (Wildman–Crippen LogP) is 2.62. The highest BCUT2D eigenvalue weighted by Crippen LogP contribution is 2.29. The summed E-state index contributed by atoms with van der Waals surface area (Å²) in [6.45, 7) is 3.15. The topological polar surface area (TPSA) is 79.0 Å². The zero-order valence-corrected chi connectivity index (χ0v) is 16.9. The summed E-state index contributed by atoms with van der Waals surface area (Å²) >= 11 is 5.86. The molecular formula is C21H19ClFN3O4. The van der Waals surface area contributed by atoms with E-state index in [9.17, 15) is 18.8 Å². The molecule has 4 rings (SSSR count). The Morgan fingerprint density at radius 1 is 1.20 bits per heavy atom. The highest BCUT2D eigenvalue weighted by Gasteiger charge is 2.31. The minimum Gasteiger partial charge on any atom is -0.426 e. The van der Waals surface area contributed by atoms with Gasteiger partial charge in [0.2, 0.25) is 0 Å². The molecule has 2 amide bonds. The first-order chi connectivity index (χ1) is 14.3. The number of rotatable bonds is 2. The van der Waals surface area contributed by atoms with E-state index >= 15 is 0 Å². The Morgan fingerprint density at radius 2 is 2.00 bits per heavy atom. The number of piperazine rings is 1. The first-order valence-corrected chi connectivity index (χ1v) is 9.85. The van der Waals surface area contributed by atoms with Gasteiger partial charge < -0.3 is 19.9 Å². The smallest absolute Gasteiger partial charge is 0.315 e. The van der Waals surface area contributed by atoms with Gasteiger partial charge in [-0.1, -0.05) is 17.7 Å². The molecule has 2 aromatic carbocycles. The lowest BCUT2D eigenvalue weighted by Crippen LogP contribution is -2.56. The Hall–Kier alpha value is -3.13. The normalized spacial score (nSPS) is 18.1. The number of amides is 2. The molecule has 0 unspecified atom stereocenters. The fourth-order valence-electron chi connectivity index (χ4n) is 3.68. The van der Waals surface area contributed by atoms with Gasteiger partial charge in [0.05, 0.1) is 11.4 Å². The van der Waals surface area contributed by atoms with Crippen LogP contribution in [0.1, 0.15) is 12.5 Å². The molecule has 2 aromatic rings. The fraction of sp³-hybridized carbons (Fsp3) is 0.286. The molecule has 1 N–H and O–H groups in total. The molecule has 7 nitrogen and oxygen atoms in total. The van der Waals surface area contributed by atoms with E-state index in [1.54, 1.807) is 24.3 Å². The average Bonchev–Trinajstić information content (AvgIpc) is 3.08. The number of fused-ring (bicyclic) bond motifs is 1. The average molecular weight is 432 g/mol. The standard InChI is InChI=1S/C21H19ClFN3O4/c1-12-11-25(15-4-5-17(23)16(22)10-15)6-7-26(12)21(29)20(28)24-14-3-2-13-8-19(27)30-18(13)9-14/h2-5,9-10,12H,6-8,11H2,1H3,(H,24,28)/t12-/m0/s1. The number of nitrogens with one attached hydrogen (secondary N) is 1. The summed E-state index contributed by atoms with van der Waals surface area (Å²) in [7, 11) is 0. The van der Waals surface area contributed by atoms with Gasteiger partial charge >= 0.3 is 17.8 Å². The molecule has 0 saturated carbocycles. The number of hydrogen-bond donors (Lipinski definition) is 1. The molecule has 30 heavy (non-hydrogen) atoms. The molecule has 0 spiro atoms. The van der Waals surface area contributed by atoms with Crippen LogP contribution < -0.4 is 15.0 Å². The zero-order valence-electron chi connectivity index (χ0n) is 16.2. The lowest BCUT2D eigenvalue weighted by molar-refractivity contribution is -0.144. The SMILES string of the molecule is C[C@H]1CN(c2ccc(F)c(Cl)c2)CCN1C(=O)C(=O)Nc1ccc2c(c1)OC(=O)C2. The Balaban J connectivity index is 1.39. The molecule has 1 fully saturated rings. The number of esters is 1. The van der Waals surface area contributed by atoms with E-state index in [2.05, 4.69) is 5.32 Å². The van der Waals surface area contributed by atoms with E-state index in [1.807, 2.05) is 11.8 Å². The maximum atomic E-state index is 13.4. The molecule has 9 heteroatoms. The van der Waals surface area contributed by atoms with Crippen molar-refractivity contribution in [1.29, 1.82) is 0 Å². The van der Waals surface area contributed by atoms with Crippen molar-refractivity contribution in [1.82, 2.24) is 4.90 Å². The number of anilines is 2. The Kier molecular flexibility index (Phi) is 5.34. The summed E-state index contributed by atoms with van der Waals surface area (Å²) in [6, 6.07) is 9.11. The molecule has 1 atom stereocenters. The van der Waals surface area contributed by atoms with Crippen molar-refractivity contribution >= 4 is 40.8 Å². The van der Waals surface area contributed by atoms with Crippen LogP contribution in [0.25, 0.3) is 0 Å². The summed E-state index contributed by atoms with van der Waals surface area (Å²) < 4.78 is 18.5. The van der Waals surface area contributed by atoms with Gasteiger partial charge in [0.15, 0.2) is 0 Å². The number of benzene rings is 2. The molecular weight excluding hydrogens is 413 g/mol. The maximum Gasteiger partial charge on any atom is 0.315 e. The third-order valence-corrected chi connectivity index (χ3v) is 5.52. The second-order valence-corrected chi connectivity index (χ2v) is 7.73. The van der Waals surface area contributed by atoms with Crippen LogP contribution in [0.5, 0.6) is 5.75 Å².